The van der Waals surface area contributed by atoms with E-state index in [0.717, 1.165) is 10.1 Å². The first kappa shape index (κ1) is 23.7. The summed E-state index contributed by atoms with van der Waals surface area (Å²) in [6.07, 6.45) is 2.57. The van der Waals surface area contributed by atoms with Gasteiger partial charge in [0.25, 0.3) is 0 Å². The highest BCUT2D eigenvalue weighted by atomic mass is 35.5. The summed E-state index contributed by atoms with van der Waals surface area (Å²) in [5.74, 6) is -0.0192. The summed E-state index contributed by atoms with van der Waals surface area (Å²) in [5, 5.41) is 12.4. The molecular weight excluding hydrogens is 505 g/mol. The third-order valence-electron chi connectivity index (χ3n) is 5.85. The van der Waals surface area contributed by atoms with Crippen molar-refractivity contribution in [2.75, 3.05) is 11.9 Å². The standard InChI is InChI=1S/C24H19Cl2N7O3/c25-16-2-1-3-17(26)20(16)33-21(27)15-12-28-23(30-22(15)31-24(33)36)29-14-6-4-13(5-7-14)10-11-32-18(34)8-9-19(32)35/h1-7,12,27H,8-11H2,(H2,28,29,30,31,36). The molecule has 0 atom stereocenters. The van der Waals surface area contributed by atoms with Crippen molar-refractivity contribution in [3.8, 4) is 5.69 Å². The summed E-state index contributed by atoms with van der Waals surface area (Å²) in [6, 6.07) is 12.2. The number of imide groups is 1. The van der Waals surface area contributed by atoms with Crippen LogP contribution in [-0.4, -0.2) is 42.8 Å². The number of hydrogen-bond acceptors (Lipinski definition) is 7. The number of anilines is 2. The number of nitrogens with one attached hydrogen (secondary N) is 3. The van der Waals surface area contributed by atoms with E-state index in [9.17, 15) is 14.4 Å². The second-order valence-corrected chi connectivity index (χ2v) is 8.97. The first-order valence-electron chi connectivity index (χ1n) is 11.0. The normalized spacial score (nSPS) is 13.6. The molecule has 10 nitrogen and oxygen atoms in total. The number of fused-ring (bicyclic) bond motifs is 1. The van der Waals surface area contributed by atoms with Crippen LogP contribution in [0.2, 0.25) is 10.0 Å². The van der Waals surface area contributed by atoms with Gasteiger partial charge in [-0.2, -0.15) is 4.98 Å². The second-order valence-electron chi connectivity index (χ2n) is 8.15. The van der Waals surface area contributed by atoms with Crippen molar-refractivity contribution in [1.82, 2.24) is 24.4 Å². The lowest BCUT2D eigenvalue weighted by molar-refractivity contribution is -0.138. The molecule has 36 heavy (non-hydrogen) atoms. The minimum atomic E-state index is -0.619. The fourth-order valence-corrected chi connectivity index (χ4v) is 4.57. The van der Waals surface area contributed by atoms with E-state index in [2.05, 4.69) is 20.3 Å². The number of carbonyl (C=O) groups is 2. The van der Waals surface area contributed by atoms with E-state index in [0.29, 0.717) is 24.0 Å². The van der Waals surface area contributed by atoms with Gasteiger partial charge in [0.15, 0.2) is 5.65 Å². The van der Waals surface area contributed by atoms with Gasteiger partial charge in [0.1, 0.15) is 5.49 Å². The van der Waals surface area contributed by atoms with Gasteiger partial charge in [0.2, 0.25) is 17.8 Å². The summed E-state index contributed by atoms with van der Waals surface area (Å²) in [5.41, 5.74) is 1.28. The summed E-state index contributed by atoms with van der Waals surface area (Å²) in [6.45, 7) is 0.362. The molecule has 3 heterocycles. The number of rotatable bonds is 6. The predicted molar refractivity (Wildman–Crippen MR) is 135 cm³/mol. The third-order valence-corrected chi connectivity index (χ3v) is 6.46. The van der Waals surface area contributed by atoms with Gasteiger partial charge in [-0.15, -0.1) is 0 Å². The molecule has 0 bridgehead atoms. The lowest BCUT2D eigenvalue weighted by Crippen LogP contribution is -2.34. The fraction of sp³-hybridized carbons (Fsp3) is 0.167. The number of hydrogen-bond donors (Lipinski definition) is 3. The Bertz CT molecular complexity index is 1590. The molecule has 1 aliphatic rings. The molecule has 182 valence electrons. The van der Waals surface area contributed by atoms with E-state index < -0.39 is 5.69 Å². The summed E-state index contributed by atoms with van der Waals surface area (Å²) in [7, 11) is 0. The van der Waals surface area contributed by atoms with Crippen molar-refractivity contribution < 1.29 is 9.59 Å². The molecule has 1 saturated heterocycles. The lowest BCUT2D eigenvalue weighted by atomic mass is 10.1. The Morgan fingerprint density at radius 3 is 2.33 bits per heavy atom. The van der Waals surface area contributed by atoms with Gasteiger partial charge in [0.05, 0.1) is 21.1 Å². The maximum Gasteiger partial charge on any atom is 0.333 e. The van der Waals surface area contributed by atoms with E-state index in [1.165, 1.54) is 11.1 Å². The van der Waals surface area contributed by atoms with Crippen LogP contribution < -0.4 is 16.5 Å². The molecule has 1 fully saturated rings. The van der Waals surface area contributed by atoms with E-state index in [4.69, 9.17) is 28.6 Å². The van der Waals surface area contributed by atoms with Gasteiger partial charge in [-0.3, -0.25) is 24.9 Å². The highest BCUT2D eigenvalue weighted by Gasteiger charge is 2.28. The Labute approximate surface area is 214 Å². The topological polar surface area (TPSA) is 137 Å². The number of para-hydroxylation sites is 1. The van der Waals surface area contributed by atoms with Crippen molar-refractivity contribution in [2.24, 2.45) is 0 Å². The smallest absolute Gasteiger partial charge is 0.324 e. The summed E-state index contributed by atoms with van der Waals surface area (Å²) >= 11 is 12.5. The van der Waals surface area contributed by atoms with Crippen molar-refractivity contribution in [3.63, 3.8) is 0 Å². The molecule has 3 N–H and O–H groups in total. The van der Waals surface area contributed by atoms with Gasteiger partial charge >= 0.3 is 5.69 Å². The van der Waals surface area contributed by atoms with E-state index in [-0.39, 0.29) is 57.5 Å². The van der Waals surface area contributed by atoms with Crippen molar-refractivity contribution in [3.05, 3.63) is 80.2 Å². The number of amides is 2. The average Bonchev–Trinajstić information content (AvgIpc) is 3.17. The predicted octanol–water partition coefficient (Wildman–Crippen LogP) is 3.33. The number of halogens is 2. The Balaban J connectivity index is 1.36. The molecule has 0 radical (unpaired) electrons. The minimum Gasteiger partial charge on any atom is -0.324 e. The van der Waals surface area contributed by atoms with Gasteiger partial charge in [-0.1, -0.05) is 41.4 Å². The van der Waals surface area contributed by atoms with Gasteiger partial charge in [-0.05, 0) is 36.2 Å². The second kappa shape index (κ2) is 9.56. The van der Waals surface area contributed by atoms with Crippen LogP contribution in [0.4, 0.5) is 11.6 Å². The largest absolute Gasteiger partial charge is 0.333 e. The first-order chi connectivity index (χ1) is 17.3. The van der Waals surface area contributed by atoms with Crippen LogP contribution in [0.3, 0.4) is 0 Å². The van der Waals surface area contributed by atoms with Crippen LogP contribution in [0.5, 0.6) is 0 Å². The SMILES string of the molecule is N=c1c2cnc(Nc3ccc(CCN4C(=O)CCC4=O)cc3)nc2[nH]c(=O)n1-c1c(Cl)cccc1Cl. The number of aromatic amines is 1. The quantitative estimate of drug-likeness (QED) is 0.331. The Hall–Kier alpha value is -4.02. The molecule has 0 saturated carbocycles. The average molecular weight is 524 g/mol. The summed E-state index contributed by atoms with van der Waals surface area (Å²) < 4.78 is 1.07. The van der Waals surface area contributed by atoms with Crippen LogP contribution in [0.15, 0.2) is 53.5 Å². The molecule has 0 spiro atoms. The maximum absolute atomic E-state index is 12.8. The monoisotopic (exact) mass is 523 g/mol. The van der Waals surface area contributed by atoms with E-state index in [1.54, 1.807) is 18.2 Å². The Morgan fingerprint density at radius 2 is 1.67 bits per heavy atom. The van der Waals surface area contributed by atoms with Crippen LogP contribution in [-0.2, 0) is 16.0 Å². The molecule has 4 aromatic rings. The van der Waals surface area contributed by atoms with Gasteiger partial charge < -0.3 is 5.32 Å². The zero-order chi connectivity index (χ0) is 25.4. The van der Waals surface area contributed by atoms with Gasteiger partial charge in [0, 0.05) is 31.3 Å². The van der Waals surface area contributed by atoms with Crippen molar-refractivity contribution >= 4 is 57.7 Å². The fourth-order valence-electron chi connectivity index (χ4n) is 4.00. The van der Waals surface area contributed by atoms with Crippen molar-refractivity contribution in [2.45, 2.75) is 19.3 Å². The molecular formula is C24H19Cl2N7O3. The van der Waals surface area contributed by atoms with Gasteiger partial charge in [-0.25, -0.2) is 14.3 Å². The van der Waals surface area contributed by atoms with Crippen LogP contribution in [0, 0.1) is 5.41 Å². The number of nitrogens with zero attached hydrogens (tertiary/aromatic N) is 4. The minimum absolute atomic E-state index is 0.124. The lowest BCUT2D eigenvalue weighted by Gasteiger charge is -2.14. The number of carbonyl (C=O) groups excluding carboxylic acids is 2. The Morgan fingerprint density at radius 1 is 1.00 bits per heavy atom. The molecule has 2 aromatic carbocycles. The van der Waals surface area contributed by atoms with E-state index >= 15 is 0 Å². The number of aromatic nitrogens is 4. The molecule has 2 aromatic heterocycles. The molecule has 2 amide bonds. The number of likely N-dealkylation sites (tertiary alicyclic amines) is 1. The maximum atomic E-state index is 12.8. The summed E-state index contributed by atoms with van der Waals surface area (Å²) in [4.78, 5) is 48.9. The first-order valence-corrected chi connectivity index (χ1v) is 11.8. The van der Waals surface area contributed by atoms with Crippen molar-refractivity contribution in [1.29, 1.82) is 5.41 Å². The molecule has 0 unspecified atom stereocenters. The molecule has 12 heteroatoms. The number of benzene rings is 2. The molecule has 0 aliphatic carbocycles. The zero-order valence-corrected chi connectivity index (χ0v) is 20.2. The zero-order valence-electron chi connectivity index (χ0n) is 18.7. The van der Waals surface area contributed by atoms with Crippen LogP contribution >= 0.6 is 23.2 Å². The Kier molecular flexibility index (Phi) is 6.29. The highest BCUT2D eigenvalue weighted by Crippen LogP contribution is 2.26. The molecule has 5 rings (SSSR count). The van der Waals surface area contributed by atoms with Crippen LogP contribution in [0.1, 0.15) is 18.4 Å². The highest BCUT2D eigenvalue weighted by molar-refractivity contribution is 6.37. The van der Waals surface area contributed by atoms with Crippen LogP contribution in [0.25, 0.3) is 16.7 Å². The molecule has 1 aliphatic heterocycles. The van der Waals surface area contributed by atoms with E-state index in [1.807, 2.05) is 24.3 Å². The third kappa shape index (κ3) is 4.48. The number of H-pyrrole nitrogens is 1.